The molecule has 0 aliphatic carbocycles. The molecule has 140 valence electrons. The Labute approximate surface area is 151 Å². The average molecular weight is 377 g/mol. The van der Waals surface area contributed by atoms with Crippen molar-refractivity contribution in [2.75, 3.05) is 18.5 Å². The van der Waals surface area contributed by atoms with E-state index in [0.29, 0.717) is 24.7 Å². The van der Waals surface area contributed by atoms with Crippen molar-refractivity contribution in [3.8, 4) is 22.9 Å². The summed E-state index contributed by atoms with van der Waals surface area (Å²) in [4.78, 5) is 4.14. The van der Waals surface area contributed by atoms with E-state index in [-0.39, 0.29) is 23.8 Å². The van der Waals surface area contributed by atoms with Crippen molar-refractivity contribution in [3.05, 3.63) is 53.9 Å². The minimum Gasteiger partial charge on any atom is -0.486 e. The highest BCUT2D eigenvalue weighted by molar-refractivity contribution is 5.57. The van der Waals surface area contributed by atoms with E-state index in [1.54, 1.807) is 12.1 Å². The predicted molar refractivity (Wildman–Crippen MR) is 89.5 cm³/mol. The van der Waals surface area contributed by atoms with E-state index < -0.39 is 11.7 Å². The number of aromatic nitrogens is 2. The van der Waals surface area contributed by atoms with Gasteiger partial charge < -0.3 is 19.3 Å². The largest absolute Gasteiger partial charge is 0.486 e. The molecule has 0 atom stereocenters. The quantitative estimate of drug-likeness (QED) is 0.737. The second kappa shape index (κ2) is 6.82. The number of hydrogen-bond acceptors (Lipinski definition) is 6. The Kier molecular flexibility index (Phi) is 4.35. The van der Waals surface area contributed by atoms with Crippen molar-refractivity contribution < 1.29 is 27.2 Å². The second-order valence-electron chi connectivity index (χ2n) is 5.80. The molecule has 6 nitrogen and oxygen atoms in total. The first-order valence-electron chi connectivity index (χ1n) is 8.13. The Bertz CT molecular complexity index is 956. The Morgan fingerprint density at radius 1 is 1.00 bits per heavy atom. The van der Waals surface area contributed by atoms with Gasteiger partial charge in [-0.05, 0) is 24.3 Å². The zero-order chi connectivity index (χ0) is 18.9. The van der Waals surface area contributed by atoms with E-state index in [2.05, 4.69) is 15.5 Å². The molecule has 0 spiro atoms. The highest BCUT2D eigenvalue weighted by Crippen LogP contribution is 2.33. The fraction of sp³-hybridized carbons (Fsp3) is 0.222. The topological polar surface area (TPSA) is 69.4 Å². The van der Waals surface area contributed by atoms with Crippen LogP contribution in [-0.2, 0) is 12.7 Å². The van der Waals surface area contributed by atoms with Crippen LogP contribution >= 0.6 is 0 Å². The lowest BCUT2D eigenvalue weighted by Crippen LogP contribution is -2.15. The Balaban J connectivity index is 1.46. The maximum Gasteiger partial charge on any atom is 0.416 e. The molecule has 1 aromatic heterocycles. The molecule has 0 bridgehead atoms. The average Bonchev–Trinajstić information content (AvgIpc) is 3.15. The van der Waals surface area contributed by atoms with Gasteiger partial charge in [0.15, 0.2) is 11.5 Å². The van der Waals surface area contributed by atoms with E-state index in [9.17, 15) is 13.2 Å². The second-order valence-corrected chi connectivity index (χ2v) is 5.80. The number of benzene rings is 2. The summed E-state index contributed by atoms with van der Waals surface area (Å²) in [6, 6.07) is 10.2. The molecular formula is C18H14F3N3O3. The molecule has 0 radical (unpaired) electrons. The van der Waals surface area contributed by atoms with Gasteiger partial charge in [-0.25, -0.2) is 0 Å². The monoisotopic (exact) mass is 377 g/mol. The van der Waals surface area contributed by atoms with Crippen LogP contribution in [0.2, 0.25) is 0 Å². The van der Waals surface area contributed by atoms with E-state index in [0.717, 1.165) is 17.8 Å². The van der Waals surface area contributed by atoms with Crippen LogP contribution in [0.3, 0.4) is 0 Å². The van der Waals surface area contributed by atoms with Gasteiger partial charge in [0.2, 0.25) is 11.7 Å². The molecule has 0 saturated heterocycles. The molecule has 2 aromatic carbocycles. The molecule has 4 rings (SSSR count). The van der Waals surface area contributed by atoms with Crippen molar-refractivity contribution in [1.29, 1.82) is 0 Å². The van der Waals surface area contributed by atoms with Gasteiger partial charge in [0.1, 0.15) is 13.2 Å². The van der Waals surface area contributed by atoms with Crippen molar-refractivity contribution >= 4 is 5.69 Å². The first-order chi connectivity index (χ1) is 13.0. The summed E-state index contributed by atoms with van der Waals surface area (Å²) in [7, 11) is 0. The van der Waals surface area contributed by atoms with Crippen LogP contribution in [0.15, 0.2) is 47.0 Å². The first-order valence-corrected chi connectivity index (χ1v) is 8.13. The zero-order valence-electron chi connectivity index (χ0n) is 13.9. The number of ether oxygens (including phenoxy) is 2. The third-order valence-corrected chi connectivity index (χ3v) is 3.90. The van der Waals surface area contributed by atoms with Crippen LogP contribution < -0.4 is 14.8 Å². The highest BCUT2D eigenvalue weighted by Gasteiger charge is 2.30. The molecule has 1 N–H and O–H groups in total. The van der Waals surface area contributed by atoms with E-state index >= 15 is 0 Å². The maximum atomic E-state index is 12.8. The number of nitrogens with one attached hydrogen (secondary N) is 1. The van der Waals surface area contributed by atoms with Crippen LogP contribution in [0.1, 0.15) is 11.5 Å². The SMILES string of the molecule is FC(F)(F)c1cccc(-c2noc(CNc3ccc4c(c3)OCCO4)n2)c1. The third kappa shape index (κ3) is 3.81. The third-order valence-electron chi connectivity index (χ3n) is 3.90. The van der Waals surface area contributed by atoms with Gasteiger partial charge in [-0.2, -0.15) is 18.2 Å². The predicted octanol–water partition coefficient (Wildman–Crippen LogP) is 4.14. The van der Waals surface area contributed by atoms with Gasteiger partial charge in [-0.1, -0.05) is 17.3 Å². The van der Waals surface area contributed by atoms with Crippen LogP contribution in [0.25, 0.3) is 11.4 Å². The molecule has 2 heterocycles. The standard InChI is InChI=1S/C18H14F3N3O3/c19-18(20,21)12-3-1-2-11(8-12)17-23-16(27-24-17)10-22-13-4-5-14-15(9-13)26-7-6-25-14/h1-5,8-9,22H,6-7,10H2. The normalized spacial score (nSPS) is 13.4. The molecule has 0 amide bonds. The number of anilines is 1. The first kappa shape index (κ1) is 17.2. The van der Waals surface area contributed by atoms with Crippen molar-refractivity contribution in [2.24, 2.45) is 0 Å². The molecule has 27 heavy (non-hydrogen) atoms. The fourth-order valence-electron chi connectivity index (χ4n) is 2.61. The molecule has 1 aliphatic heterocycles. The van der Waals surface area contributed by atoms with Crippen molar-refractivity contribution in [2.45, 2.75) is 12.7 Å². The van der Waals surface area contributed by atoms with Gasteiger partial charge in [0.05, 0.1) is 12.1 Å². The van der Waals surface area contributed by atoms with Crippen LogP contribution in [0.4, 0.5) is 18.9 Å². The van der Waals surface area contributed by atoms with E-state index in [4.69, 9.17) is 14.0 Å². The summed E-state index contributed by atoms with van der Waals surface area (Å²) in [6.07, 6.45) is -4.43. The van der Waals surface area contributed by atoms with E-state index in [1.165, 1.54) is 12.1 Å². The number of hydrogen-bond donors (Lipinski definition) is 1. The maximum absolute atomic E-state index is 12.8. The van der Waals surface area contributed by atoms with Gasteiger partial charge in [0.25, 0.3) is 0 Å². The van der Waals surface area contributed by atoms with Crippen LogP contribution in [0, 0.1) is 0 Å². The minimum absolute atomic E-state index is 0.0973. The summed E-state index contributed by atoms with van der Waals surface area (Å²) in [6.45, 7) is 1.21. The van der Waals surface area contributed by atoms with Gasteiger partial charge >= 0.3 is 6.18 Å². The molecule has 9 heteroatoms. The lowest BCUT2D eigenvalue weighted by atomic mass is 10.1. The Morgan fingerprint density at radius 2 is 1.81 bits per heavy atom. The van der Waals surface area contributed by atoms with Crippen molar-refractivity contribution in [3.63, 3.8) is 0 Å². The van der Waals surface area contributed by atoms with Crippen LogP contribution in [0.5, 0.6) is 11.5 Å². The smallest absolute Gasteiger partial charge is 0.416 e. The summed E-state index contributed by atoms with van der Waals surface area (Å²) < 4.78 is 54.6. The minimum atomic E-state index is -4.43. The summed E-state index contributed by atoms with van der Waals surface area (Å²) in [5, 5.41) is 6.85. The van der Waals surface area contributed by atoms with Gasteiger partial charge in [-0.3, -0.25) is 0 Å². The number of alkyl halides is 3. The van der Waals surface area contributed by atoms with Gasteiger partial charge in [-0.15, -0.1) is 0 Å². The summed E-state index contributed by atoms with van der Waals surface area (Å²) >= 11 is 0. The molecule has 0 fully saturated rings. The molecule has 0 saturated carbocycles. The van der Waals surface area contributed by atoms with Crippen molar-refractivity contribution in [1.82, 2.24) is 10.1 Å². The summed E-state index contributed by atoms with van der Waals surface area (Å²) in [5.41, 5.74) is 0.234. The van der Waals surface area contributed by atoms with E-state index in [1.807, 2.05) is 6.07 Å². The molecule has 3 aromatic rings. The molecular weight excluding hydrogens is 363 g/mol. The Hall–Kier alpha value is -3.23. The van der Waals surface area contributed by atoms with Crippen LogP contribution in [-0.4, -0.2) is 23.4 Å². The van der Waals surface area contributed by atoms with Gasteiger partial charge in [0, 0.05) is 17.3 Å². The summed E-state index contributed by atoms with van der Waals surface area (Å²) in [5.74, 6) is 1.66. The highest BCUT2D eigenvalue weighted by atomic mass is 19.4. The lowest BCUT2D eigenvalue weighted by Gasteiger charge is -2.18. The molecule has 0 unspecified atom stereocenters. The molecule has 1 aliphatic rings. The number of nitrogens with zero attached hydrogens (tertiary/aromatic N) is 2. The fourth-order valence-corrected chi connectivity index (χ4v) is 2.61. The number of rotatable bonds is 4. The lowest BCUT2D eigenvalue weighted by molar-refractivity contribution is -0.137. The zero-order valence-corrected chi connectivity index (χ0v) is 13.9. The number of halogens is 3. The Morgan fingerprint density at radius 3 is 2.63 bits per heavy atom. The number of fused-ring (bicyclic) bond motifs is 1.